The minimum atomic E-state index is -0.639. The average Bonchev–Trinajstić information content (AvgIpc) is 2.59. The molecular formula is C8H5BrFNO3. The predicted molar refractivity (Wildman–Crippen MR) is 50.0 cm³/mol. The zero-order chi connectivity index (χ0) is 10.3. The van der Waals surface area contributed by atoms with E-state index in [0.29, 0.717) is 18.6 Å². The summed E-state index contributed by atoms with van der Waals surface area (Å²) in [7, 11) is 0. The van der Waals surface area contributed by atoms with Crippen LogP contribution < -0.4 is 4.74 Å². The van der Waals surface area contributed by atoms with Crippen LogP contribution in [0.2, 0.25) is 0 Å². The molecule has 0 unspecified atom stereocenters. The summed E-state index contributed by atoms with van der Waals surface area (Å²) < 4.78 is 18.5. The number of rotatable bonds is 1. The molecule has 1 aromatic carbocycles. The molecule has 6 heteroatoms. The van der Waals surface area contributed by atoms with Gasteiger partial charge in [0.05, 0.1) is 22.1 Å². The van der Waals surface area contributed by atoms with Crippen LogP contribution in [0.1, 0.15) is 5.56 Å². The summed E-state index contributed by atoms with van der Waals surface area (Å²) in [6.45, 7) is 0.359. The molecule has 0 aliphatic carbocycles. The lowest BCUT2D eigenvalue weighted by atomic mass is 10.1. The highest BCUT2D eigenvalue weighted by molar-refractivity contribution is 9.10. The zero-order valence-corrected chi connectivity index (χ0v) is 8.51. The van der Waals surface area contributed by atoms with Crippen molar-refractivity contribution in [3.8, 4) is 5.75 Å². The van der Waals surface area contributed by atoms with E-state index in [1.807, 2.05) is 0 Å². The lowest BCUT2D eigenvalue weighted by molar-refractivity contribution is -0.385. The highest BCUT2D eigenvalue weighted by Crippen LogP contribution is 2.41. The maximum Gasteiger partial charge on any atom is 0.314 e. The van der Waals surface area contributed by atoms with Gasteiger partial charge in [-0.05, 0) is 15.9 Å². The van der Waals surface area contributed by atoms with Gasteiger partial charge in [-0.3, -0.25) is 10.1 Å². The quantitative estimate of drug-likeness (QED) is 0.576. The van der Waals surface area contributed by atoms with E-state index in [1.54, 1.807) is 0 Å². The number of benzene rings is 1. The van der Waals surface area contributed by atoms with Crippen molar-refractivity contribution in [3.63, 3.8) is 0 Å². The predicted octanol–water partition coefficient (Wildman–Crippen LogP) is 2.43. The Kier molecular flexibility index (Phi) is 2.14. The van der Waals surface area contributed by atoms with Crippen molar-refractivity contribution in [2.45, 2.75) is 6.42 Å². The van der Waals surface area contributed by atoms with E-state index in [2.05, 4.69) is 15.9 Å². The Bertz CT molecular complexity index is 422. The fourth-order valence-electron chi connectivity index (χ4n) is 1.42. The van der Waals surface area contributed by atoms with Crippen molar-refractivity contribution in [1.29, 1.82) is 0 Å². The van der Waals surface area contributed by atoms with Gasteiger partial charge in [-0.1, -0.05) is 0 Å². The molecule has 2 rings (SSSR count). The van der Waals surface area contributed by atoms with Crippen molar-refractivity contribution in [2.24, 2.45) is 0 Å². The Morgan fingerprint density at radius 3 is 3.00 bits per heavy atom. The summed E-state index contributed by atoms with van der Waals surface area (Å²) in [4.78, 5) is 9.93. The van der Waals surface area contributed by atoms with Crippen LogP contribution in [0.4, 0.5) is 10.1 Å². The van der Waals surface area contributed by atoms with Gasteiger partial charge in [0.2, 0.25) is 5.75 Å². The maximum absolute atomic E-state index is 13.2. The Hall–Kier alpha value is -1.17. The van der Waals surface area contributed by atoms with Crippen LogP contribution >= 0.6 is 15.9 Å². The SMILES string of the molecule is O=[N+]([O-])c1cc(F)c(Br)c2c1OCC2. The Morgan fingerprint density at radius 1 is 1.64 bits per heavy atom. The third kappa shape index (κ3) is 1.26. The first-order valence-electron chi connectivity index (χ1n) is 3.89. The van der Waals surface area contributed by atoms with Gasteiger partial charge < -0.3 is 4.74 Å². The normalized spacial score (nSPS) is 13.6. The molecule has 0 fully saturated rings. The lowest BCUT2D eigenvalue weighted by Gasteiger charge is -2.03. The molecular weight excluding hydrogens is 257 g/mol. The van der Waals surface area contributed by atoms with Crippen molar-refractivity contribution < 1.29 is 14.1 Å². The summed E-state index contributed by atoms with van der Waals surface area (Å²) in [6, 6.07) is 0.869. The Labute approximate surface area is 87.0 Å². The molecule has 4 nitrogen and oxygen atoms in total. The van der Waals surface area contributed by atoms with Gasteiger partial charge in [0.1, 0.15) is 5.82 Å². The average molecular weight is 262 g/mol. The fourth-order valence-corrected chi connectivity index (χ4v) is 1.92. The first-order chi connectivity index (χ1) is 6.61. The molecule has 1 aromatic rings. The number of hydrogen-bond donors (Lipinski definition) is 0. The smallest absolute Gasteiger partial charge is 0.314 e. The number of fused-ring (bicyclic) bond motifs is 1. The van der Waals surface area contributed by atoms with Crippen LogP contribution in [0.15, 0.2) is 10.5 Å². The number of nitro benzene ring substituents is 1. The summed E-state index contributed by atoms with van der Waals surface area (Å²) in [5.41, 5.74) is 0.231. The molecule has 0 saturated heterocycles. The standard InChI is InChI=1S/C8H5BrFNO3/c9-7-4-1-2-14-8(4)6(11(12)13)3-5(7)10/h3H,1-2H2. The Balaban J connectivity index is 2.70. The second-order valence-corrected chi connectivity index (χ2v) is 3.65. The molecule has 0 spiro atoms. The van der Waals surface area contributed by atoms with Crippen molar-refractivity contribution >= 4 is 21.6 Å². The van der Waals surface area contributed by atoms with Gasteiger partial charge in [0, 0.05) is 12.0 Å². The number of nitro groups is 1. The van der Waals surface area contributed by atoms with Crippen molar-refractivity contribution in [2.75, 3.05) is 6.61 Å². The highest BCUT2D eigenvalue weighted by Gasteiger charge is 2.28. The summed E-state index contributed by atoms with van der Waals surface area (Å²) >= 11 is 3.04. The molecule has 0 atom stereocenters. The van der Waals surface area contributed by atoms with Crippen LogP contribution in [-0.2, 0) is 6.42 Å². The lowest BCUT2D eigenvalue weighted by Crippen LogP contribution is -1.95. The molecule has 0 amide bonds. The van der Waals surface area contributed by atoms with Gasteiger partial charge in [0.25, 0.3) is 0 Å². The van der Waals surface area contributed by atoms with E-state index < -0.39 is 10.7 Å². The van der Waals surface area contributed by atoms with Crippen LogP contribution in [-0.4, -0.2) is 11.5 Å². The molecule has 0 aromatic heterocycles. The maximum atomic E-state index is 13.2. The van der Waals surface area contributed by atoms with Crippen molar-refractivity contribution in [3.05, 3.63) is 32.0 Å². The summed E-state index contributed by atoms with van der Waals surface area (Å²) in [5.74, 6) is -0.441. The van der Waals surface area contributed by atoms with Gasteiger partial charge in [-0.25, -0.2) is 4.39 Å². The van der Waals surface area contributed by atoms with Crippen LogP contribution in [0.25, 0.3) is 0 Å². The van der Waals surface area contributed by atoms with Crippen LogP contribution in [0.5, 0.6) is 5.75 Å². The summed E-state index contributed by atoms with van der Waals surface area (Å²) in [6.07, 6.45) is 0.495. The largest absolute Gasteiger partial charge is 0.486 e. The van der Waals surface area contributed by atoms with E-state index in [4.69, 9.17) is 4.74 Å². The number of hydrogen-bond acceptors (Lipinski definition) is 3. The molecule has 14 heavy (non-hydrogen) atoms. The molecule has 1 aliphatic heterocycles. The van der Waals surface area contributed by atoms with Gasteiger partial charge in [-0.15, -0.1) is 0 Å². The van der Waals surface area contributed by atoms with E-state index in [9.17, 15) is 14.5 Å². The van der Waals surface area contributed by atoms with Gasteiger partial charge >= 0.3 is 5.69 Å². The number of ether oxygens (including phenoxy) is 1. The number of halogens is 2. The monoisotopic (exact) mass is 261 g/mol. The molecule has 0 radical (unpaired) electrons. The van der Waals surface area contributed by atoms with E-state index in [1.165, 1.54) is 0 Å². The molecule has 1 heterocycles. The third-order valence-electron chi connectivity index (χ3n) is 2.04. The molecule has 0 N–H and O–H groups in total. The molecule has 0 bridgehead atoms. The first kappa shape index (κ1) is 9.39. The van der Waals surface area contributed by atoms with E-state index in [0.717, 1.165) is 6.07 Å². The Morgan fingerprint density at radius 2 is 2.36 bits per heavy atom. The topological polar surface area (TPSA) is 52.4 Å². The van der Waals surface area contributed by atoms with Crippen LogP contribution in [0, 0.1) is 15.9 Å². The molecule has 1 aliphatic rings. The zero-order valence-electron chi connectivity index (χ0n) is 6.92. The van der Waals surface area contributed by atoms with Gasteiger partial charge in [0.15, 0.2) is 0 Å². The number of nitrogens with zero attached hydrogens (tertiary/aromatic N) is 1. The second kappa shape index (κ2) is 3.20. The first-order valence-corrected chi connectivity index (χ1v) is 4.68. The fraction of sp³-hybridized carbons (Fsp3) is 0.250. The van der Waals surface area contributed by atoms with Crippen molar-refractivity contribution in [1.82, 2.24) is 0 Å². The molecule has 0 saturated carbocycles. The minimum absolute atomic E-state index is 0.184. The van der Waals surface area contributed by atoms with Crippen LogP contribution in [0.3, 0.4) is 0 Å². The van der Waals surface area contributed by atoms with E-state index >= 15 is 0 Å². The van der Waals surface area contributed by atoms with Gasteiger partial charge in [-0.2, -0.15) is 0 Å². The second-order valence-electron chi connectivity index (χ2n) is 2.85. The molecule has 74 valence electrons. The third-order valence-corrected chi connectivity index (χ3v) is 2.90. The van der Waals surface area contributed by atoms with E-state index in [-0.39, 0.29) is 15.9 Å². The highest BCUT2D eigenvalue weighted by atomic mass is 79.9. The minimum Gasteiger partial charge on any atom is -0.486 e. The summed E-state index contributed by atoms with van der Waals surface area (Å²) in [5, 5.41) is 10.6.